The second kappa shape index (κ2) is 6.94. The van der Waals surface area contributed by atoms with E-state index in [-0.39, 0.29) is 26.6 Å². The Morgan fingerprint density at radius 2 is 1.88 bits per heavy atom. The van der Waals surface area contributed by atoms with Gasteiger partial charge in [-0.15, -0.1) is 0 Å². The van der Waals surface area contributed by atoms with E-state index >= 15 is 0 Å². The Balaban J connectivity index is 2.74. The van der Waals surface area contributed by atoms with Crippen LogP contribution in [0.1, 0.15) is 29.9 Å². The first kappa shape index (κ1) is 18.5. The lowest BCUT2D eigenvalue weighted by molar-refractivity contribution is 0.108. The molecule has 0 aliphatic heterocycles. The van der Waals surface area contributed by atoms with Gasteiger partial charge in [-0.05, 0) is 19.1 Å². The highest BCUT2D eigenvalue weighted by Gasteiger charge is 2.20. The summed E-state index contributed by atoms with van der Waals surface area (Å²) in [6.07, 6.45) is 0. The van der Waals surface area contributed by atoms with Crippen LogP contribution in [0, 0.1) is 12.7 Å². The molecular weight excluding hydrogens is 355 g/mol. The first-order valence-corrected chi connectivity index (χ1v) is 8.39. The van der Waals surface area contributed by atoms with Gasteiger partial charge >= 0.3 is 5.69 Å². The average Bonchev–Trinajstić information content (AvgIpc) is 2.46. The van der Waals surface area contributed by atoms with E-state index in [1.54, 1.807) is 6.92 Å². The van der Waals surface area contributed by atoms with Crippen LogP contribution in [0.5, 0.6) is 0 Å². The fourth-order valence-electron chi connectivity index (χ4n) is 2.10. The number of halogens is 2. The molecule has 1 heterocycles. The standard InChI is InChI=1S/C16H16ClFN2O3S/c1-8(2)24-15(22)10-6-13(12(18)7-11(10)17)20-14(21)5-9(3)19(4)16(20)23/h5-8H,1-4H3. The zero-order valence-electron chi connectivity index (χ0n) is 13.6. The summed E-state index contributed by atoms with van der Waals surface area (Å²) >= 11 is 6.99. The van der Waals surface area contributed by atoms with E-state index in [2.05, 4.69) is 0 Å². The SMILES string of the molecule is Cc1cc(=O)n(-c2cc(C(=O)SC(C)C)c(Cl)cc2F)c(=O)n1C. The molecule has 0 unspecified atom stereocenters. The molecule has 0 aliphatic rings. The van der Waals surface area contributed by atoms with Gasteiger partial charge < -0.3 is 4.57 Å². The summed E-state index contributed by atoms with van der Waals surface area (Å²) in [5.74, 6) is -0.853. The number of rotatable bonds is 3. The predicted molar refractivity (Wildman–Crippen MR) is 94.0 cm³/mol. The van der Waals surface area contributed by atoms with Crippen LogP contribution in [0.15, 0.2) is 27.8 Å². The highest BCUT2D eigenvalue weighted by Crippen LogP contribution is 2.27. The Labute approximate surface area is 147 Å². The number of nitrogens with zero attached hydrogens (tertiary/aromatic N) is 2. The lowest BCUT2D eigenvalue weighted by Crippen LogP contribution is -2.38. The van der Waals surface area contributed by atoms with Gasteiger partial charge in [0, 0.05) is 29.6 Å². The van der Waals surface area contributed by atoms with Crippen molar-refractivity contribution in [2.24, 2.45) is 7.05 Å². The molecule has 0 atom stereocenters. The van der Waals surface area contributed by atoms with Crippen LogP contribution in [-0.2, 0) is 7.05 Å². The fraction of sp³-hybridized carbons (Fsp3) is 0.312. The molecule has 0 N–H and O–H groups in total. The Bertz CT molecular complexity index is 934. The summed E-state index contributed by atoms with van der Waals surface area (Å²) in [7, 11) is 1.47. The summed E-state index contributed by atoms with van der Waals surface area (Å²) in [4.78, 5) is 36.8. The zero-order chi connectivity index (χ0) is 18.2. The highest BCUT2D eigenvalue weighted by atomic mass is 35.5. The molecule has 5 nitrogen and oxygen atoms in total. The van der Waals surface area contributed by atoms with E-state index in [1.807, 2.05) is 13.8 Å². The van der Waals surface area contributed by atoms with Gasteiger partial charge in [-0.2, -0.15) is 0 Å². The lowest BCUT2D eigenvalue weighted by Gasteiger charge is -2.12. The van der Waals surface area contributed by atoms with Gasteiger partial charge in [0.2, 0.25) is 5.12 Å². The largest absolute Gasteiger partial charge is 0.335 e. The number of aryl methyl sites for hydroxylation is 1. The second-order valence-electron chi connectivity index (χ2n) is 5.54. The van der Waals surface area contributed by atoms with E-state index in [0.29, 0.717) is 10.3 Å². The van der Waals surface area contributed by atoms with Crippen LogP contribution in [-0.4, -0.2) is 19.5 Å². The molecule has 2 rings (SSSR count). The predicted octanol–water partition coefficient (Wildman–Crippen LogP) is 2.92. The van der Waals surface area contributed by atoms with E-state index in [0.717, 1.165) is 23.9 Å². The minimum atomic E-state index is -0.853. The summed E-state index contributed by atoms with van der Waals surface area (Å²) in [6, 6.07) is 3.31. The minimum Gasteiger partial charge on any atom is -0.301 e. The van der Waals surface area contributed by atoms with Crippen molar-refractivity contribution in [3.05, 3.63) is 61.1 Å². The third-order valence-electron chi connectivity index (χ3n) is 3.40. The molecule has 0 radical (unpaired) electrons. The van der Waals surface area contributed by atoms with Crippen LogP contribution in [0.4, 0.5) is 4.39 Å². The smallest absolute Gasteiger partial charge is 0.301 e. The molecule has 8 heteroatoms. The molecule has 0 amide bonds. The zero-order valence-corrected chi connectivity index (χ0v) is 15.2. The van der Waals surface area contributed by atoms with Gasteiger partial charge in [-0.1, -0.05) is 37.2 Å². The van der Waals surface area contributed by atoms with Crippen LogP contribution in [0.3, 0.4) is 0 Å². The molecule has 2 aromatic rings. The maximum Gasteiger partial charge on any atom is 0.335 e. The molecule has 1 aromatic heterocycles. The summed E-state index contributed by atoms with van der Waals surface area (Å²) < 4.78 is 16.2. The van der Waals surface area contributed by atoms with Gasteiger partial charge in [0.1, 0.15) is 5.82 Å². The molecule has 0 fully saturated rings. The van der Waals surface area contributed by atoms with Crippen molar-refractivity contribution >= 4 is 28.5 Å². The van der Waals surface area contributed by atoms with E-state index < -0.39 is 17.1 Å². The Kier molecular flexibility index (Phi) is 5.35. The summed E-state index contributed by atoms with van der Waals surface area (Å²) in [5, 5.41) is -0.406. The number of thioether (sulfide) groups is 1. The van der Waals surface area contributed by atoms with Crippen LogP contribution in [0.2, 0.25) is 5.02 Å². The van der Waals surface area contributed by atoms with Crippen molar-refractivity contribution in [3.8, 4) is 5.69 Å². The molecule has 24 heavy (non-hydrogen) atoms. The normalized spacial score (nSPS) is 11.1. The quantitative estimate of drug-likeness (QED) is 0.833. The maximum atomic E-state index is 14.3. The average molecular weight is 371 g/mol. The van der Waals surface area contributed by atoms with Gasteiger partial charge in [0.25, 0.3) is 5.56 Å². The first-order chi connectivity index (χ1) is 11.1. The van der Waals surface area contributed by atoms with Gasteiger partial charge in [0.15, 0.2) is 0 Å². The van der Waals surface area contributed by atoms with Crippen molar-refractivity contribution in [2.75, 3.05) is 0 Å². The Hall–Kier alpha value is -1.86. The van der Waals surface area contributed by atoms with Gasteiger partial charge in [-0.3, -0.25) is 9.59 Å². The minimum absolute atomic E-state index is 0.0111. The number of carbonyl (C=O) groups excluding carboxylic acids is 1. The monoisotopic (exact) mass is 370 g/mol. The molecule has 0 bridgehead atoms. The Morgan fingerprint density at radius 1 is 1.25 bits per heavy atom. The Morgan fingerprint density at radius 3 is 2.46 bits per heavy atom. The third-order valence-corrected chi connectivity index (χ3v) is 4.62. The number of hydrogen-bond donors (Lipinski definition) is 0. The van der Waals surface area contributed by atoms with Crippen molar-refractivity contribution in [3.63, 3.8) is 0 Å². The molecular formula is C16H16ClFN2O3S. The van der Waals surface area contributed by atoms with Gasteiger partial charge in [0.05, 0.1) is 10.7 Å². The van der Waals surface area contributed by atoms with Crippen molar-refractivity contribution < 1.29 is 9.18 Å². The molecule has 0 saturated carbocycles. The van der Waals surface area contributed by atoms with E-state index in [9.17, 15) is 18.8 Å². The summed E-state index contributed by atoms with van der Waals surface area (Å²) in [5.41, 5.74) is -1.16. The fourth-order valence-corrected chi connectivity index (χ4v) is 3.12. The van der Waals surface area contributed by atoms with Crippen molar-refractivity contribution in [1.82, 2.24) is 9.13 Å². The van der Waals surface area contributed by atoms with E-state index in [1.165, 1.54) is 17.7 Å². The first-order valence-electron chi connectivity index (χ1n) is 7.13. The lowest BCUT2D eigenvalue weighted by atomic mass is 10.2. The highest BCUT2D eigenvalue weighted by molar-refractivity contribution is 8.14. The molecule has 0 spiro atoms. The molecule has 128 valence electrons. The molecule has 0 saturated heterocycles. The number of benzene rings is 1. The number of aromatic nitrogens is 2. The molecule has 0 aliphatic carbocycles. The second-order valence-corrected chi connectivity index (χ2v) is 7.49. The third kappa shape index (κ3) is 3.47. The molecule has 1 aromatic carbocycles. The summed E-state index contributed by atoms with van der Waals surface area (Å²) in [6.45, 7) is 5.27. The van der Waals surface area contributed by atoms with Crippen molar-refractivity contribution in [2.45, 2.75) is 26.0 Å². The topological polar surface area (TPSA) is 61.1 Å². The van der Waals surface area contributed by atoms with Crippen LogP contribution < -0.4 is 11.2 Å². The van der Waals surface area contributed by atoms with Crippen LogP contribution in [0.25, 0.3) is 5.69 Å². The number of hydrogen-bond acceptors (Lipinski definition) is 4. The maximum absolute atomic E-state index is 14.3. The van der Waals surface area contributed by atoms with Crippen LogP contribution >= 0.6 is 23.4 Å². The number of carbonyl (C=O) groups is 1. The van der Waals surface area contributed by atoms with Gasteiger partial charge in [-0.25, -0.2) is 13.8 Å². The van der Waals surface area contributed by atoms with E-state index in [4.69, 9.17) is 11.6 Å². The van der Waals surface area contributed by atoms with Crippen molar-refractivity contribution in [1.29, 1.82) is 0 Å².